The number of H-pyrrole nitrogens is 1. The van der Waals surface area contributed by atoms with E-state index >= 15 is 0 Å². The molecule has 0 spiro atoms. The van der Waals surface area contributed by atoms with Crippen LogP contribution in [0, 0.1) is 0 Å². The highest BCUT2D eigenvalue weighted by atomic mass is 35.5. The van der Waals surface area contributed by atoms with Crippen LogP contribution in [0.4, 0.5) is 5.95 Å². The standard InChI is InChI=1S/C11H14ClN5O3/c1-13-11-15-8-9(12)17(4-14-10(8)16-11)7-2-5(19)6(3-18)20-7/h4-7,18-19H,2-3H2,1H3,(H,13,15)/p+1/t5-,6+,7?/m0/s1. The Balaban J connectivity index is 1.98. The Kier molecular flexibility index (Phi) is 3.47. The van der Waals surface area contributed by atoms with Gasteiger partial charge in [0.05, 0.1) is 12.7 Å². The summed E-state index contributed by atoms with van der Waals surface area (Å²) < 4.78 is 7.17. The molecule has 3 atom stereocenters. The van der Waals surface area contributed by atoms with Gasteiger partial charge >= 0.3 is 0 Å². The zero-order chi connectivity index (χ0) is 14.3. The summed E-state index contributed by atoms with van der Waals surface area (Å²) in [5.74, 6) is 0.563. The number of fused-ring (bicyclic) bond motifs is 1. The van der Waals surface area contributed by atoms with Crippen LogP contribution in [-0.2, 0) is 4.74 Å². The van der Waals surface area contributed by atoms with E-state index in [0.717, 1.165) is 0 Å². The van der Waals surface area contributed by atoms with Gasteiger partial charge in [0.2, 0.25) is 17.3 Å². The third kappa shape index (κ3) is 2.10. The number of hydrogen-bond acceptors (Lipinski definition) is 6. The van der Waals surface area contributed by atoms with E-state index in [-0.39, 0.29) is 6.61 Å². The molecule has 4 N–H and O–H groups in total. The van der Waals surface area contributed by atoms with Gasteiger partial charge in [0.25, 0.3) is 12.0 Å². The normalized spacial score (nSPS) is 26.3. The highest BCUT2D eigenvalue weighted by Gasteiger charge is 2.38. The lowest BCUT2D eigenvalue weighted by Gasteiger charge is -2.11. The first kappa shape index (κ1) is 13.5. The molecule has 0 saturated carbocycles. The van der Waals surface area contributed by atoms with Gasteiger partial charge in [-0.1, -0.05) is 0 Å². The van der Waals surface area contributed by atoms with Crippen molar-refractivity contribution in [1.29, 1.82) is 0 Å². The summed E-state index contributed by atoms with van der Waals surface area (Å²) in [6, 6.07) is 0. The molecule has 1 saturated heterocycles. The Morgan fingerprint density at radius 1 is 1.65 bits per heavy atom. The maximum Gasteiger partial charge on any atom is 0.298 e. The minimum atomic E-state index is -0.723. The van der Waals surface area contributed by atoms with Gasteiger partial charge in [0.15, 0.2) is 5.52 Å². The Morgan fingerprint density at radius 3 is 3.10 bits per heavy atom. The maximum atomic E-state index is 9.78. The molecule has 3 rings (SSSR count). The summed E-state index contributed by atoms with van der Waals surface area (Å²) in [5.41, 5.74) is 1.08. The number of ether oxygens (including phenoxy) is 1. The number of hydrogen-bond donors (Lipinski definition) is 4. The van der Waals surface area contributed by atoms with Crippen LogP contribution in [0.2, 0.25) is 5.15 Å². The average Bonchev–Trinajstić information content (AvgIpc) is 3.02. The summed E-state index contributed by atoms with van der Waals surface area (Å²) in [6.45, 7) is -0.237. The first-order chi connectivity index (χ1) is 9.63. The van der Waals surface area contributed by atoms with E-state index < -0.39 is 18.4 Å². The van der Waals surface area contributed by atoms with E-state index in [1.807, 2.05) is 0 Å². The molecule has 108 valence electrons. The molecule has 2 aromatic rings. The summed E-state index contributed by atoms with van der Waals surface area (Å²) in [6.07, 6.45) is 0.0680. The van der Waals surface area contributed by atoms with Crippen LogP contribution in [0.5, 0.6) is 0 Å². The smallest absolute Gasteiger partial charge is 0.298 e. The largest absolute Gasteiger partial charge is 0.394 e. The topological polar surface area (TPSA) is 107 Å². The quantitative estimate of drug-likeness (QED) is 0.453. The summed E-state index contributed by atoms with van der Waals surface area (Å²) in [4.78, 5) is 11.4. The molecule has 0 bridgehead atoms. The number of imidazole rings is 1. The van der Waals surface area contributed by atoms with Crippen molar-refractivity contribution in [2.24, 2.45) is 0 Å². The van der Waals surface area contributed by atoms with Gasteiger partial charge in [-0.2, -0.15) is 9.55 Å². The van der Waals surface area contributed by atoms with Crippen LogP contribution in [0.15, 0.2) is 6.33 Å². The lowest BCUT2D eigenvalue weighted by atomic mass is 10.2. The Bertz CT molecular complexity index is 634. The van der Waals surface area contributed by atoms with Gasteiger partial charge < -0.3 is 25.3 Å². The molecular formula is C11H15ClN5O3+. The van der Waals surface area contributed by atoms with Gasteiger partial charge in [0, 0.05) is 13.5 Å². The van der Waals surface area contributed by atoms with Crippen LogP contribution in [0.3, 0.4) is 0 Å². The predicted octanol–water partition coefficient (Wildman–Crippen LogP) is -0.419. The van der Waals surface area contributed by atoms with Crippen LogP contribution in [0.25, 0.3) is 11.2 Å². The number of aromatic nitrogens is 4. The lowest BCUT2D eigenvalue weighted by Crippen LogP contribution is -2.41. The third-order valence-electron chi connectivity index (χ3n) is 3.35. The van der Waals surface area contributed by atoms with Crippen molar-refractivity contribution in [3.8, 4) is 0 Å². The summed E-state index contributed by atoms with van der Waals surface area (Å²) >= 11 is 6.33. The Labute approximate surface area is 119 Å². The van der Waals surface area contributed by atoms with Crippen LogP contribution >= 0.6 is 11.6 Å². The monoisotopic (exact) mass is 300 g/mol. The third-order valence-corrected chi connectivity index (χ3v) is 3.74. The van der Waals surface area contributed by atoms with E-state index in [2.05, 4.69) is 20.3 Å². The van der Waals surface area contributed by atoms with Crippen molar-refractivity contribution in [3.63, 3.8) is 0 Å². The molecule has 0 amide bonds. The van der Waals surface area contributed by atoms with Crippen molar-refractivity contribution < 1.29 is 19.5 Å². The van der Waals surface area contributed by atoms with Crippen LogP contribution in [-0.4, -0.2) is 51.0 Å². The fraction of sp³-hybridized carbons (Fsp3) is 0.545. The fourth-order valence-electron chi connectivity index (χ4n) is 2.27. The van der Waals surface area contributed by atoms with Crippen molar-refractivity contribution in [2.75, 3.05) is 19.0 Å². The first-order valence-corrected chi connectivity index (χ1v) is 6.59. The SMILES string of the molecule is CNc1nc2nc[n+](C3C[C@H](O)[C@@H](CO)O3)c(Cl)c2[nH]1. The summed E-state index contributed by atoms with van der Waals surface area (Å²) in [5, 5.41) is 22.2. The molecular weight excluding hydrogens is 286 g/mol. The Hall–Kier alpha value is -1.48. The highest BCUT2D eigenvalue weighted by Crippen LogP contribution is 2.27. The number of aromatic amines is 1. The number of aliphatic hydroxyl groups excluding tert-OH is 2. The van der Waals surface area contributed by atoms with E-state index in [1.54, 1.807) is 11.6 Å². The van der Waals surface area contributed by atoms with Crippen molar-refractivity contribution in [2.45, 2.75) is 24.9 Å². The van der Waals surface area contributed by atoms with Crippen molar-refractivity contribution >= 4 is 28.7 Å². The zero-order valence-electron chi connectivity index (χ0n) is 10.7. The number of anilines is 1. The second kappa shape index (κ2) is 5.13. The first-order valence-electron chi connectivity index (χ1n) is 6.21. The number of aliphatic hydroxyl groups is 2. The molecule has 1 fully saturated rings. The predicted molar refractivity (Wildman–Crippen MR) is 70.3 cm³/mol. The molecule has 0 radical (unpaired) electrons. The van der Waals surface area contributed by atoms with Gasteiger partial charge in [-0.15, -0.1) is 0 Å². The molecule has 1 aliphatic rings. The number of nitrogens with one attached hydrogen (secondary N) is 2. The van der Waals surface area contributed by atoms with Gasteiger partial charge in [-0.25, -0.2) is 0 Å². The molecule has 3 heterocycles. The number of rotatable bonds is 3. The molecule has 0 aromatic carbocycles. The molecule has 1 unspecified atom stereocenters. The minimum absolute atomic E-state index is 0.237. The average molecular weight is 301 g/mol. The van der Waals surface area contributed by atoms with Crippen LogP contribution < -0.4 is 9.88 Å². The second-order valence-corrected chi connectivity index (χ2v) is 4.95. The maximum absolute atomic E-state index is 9.78. The van der Waals surface area contributed by atoms with E-state index in [1.165, 1.54) is 6.33 Å². The van der Waals surface area contributed by atoms with E-state index in [0.29, 0.717) is 28.7 Å². The van der Waals surface area contributed by atoms with Gasteiger partial charge in [-0.3, -0.25) is 0 Å². The molecule has 20 heavy (non-hydrogen) atoms. The highest BCUT2D eigenvalue weighted by molar-refractivity contribution is 6.32. The second-order valence-electron chi connectivity index (χ2n) is 4.59. The minimum Gasteiger partial charge on any atom is -0.394 e. The van der Waals surface area contributed by atoms with Gasteiger partial charge in [-0.05, 0) is 16.6 Å². The van der Waals surface area contributed by atoms with Gasteiger partial charge in [0.1, 0.15) is 6.10 Å². The van der Waals surface area contributed by atoms with Crippen LogP contribution in [0.1, 0.15) is 12.6 Å². The fourth-order valence-corrected chi connectivity index (χ4v) is 2.55. The van der Waals surface area contributed by atoms with Crippen molar-refractivity contribution in [1.82, 2.24) is 15.0 Å². The summed E-state index contributed by atoms with van der Waals surface area (Å²) in [7, 11) is 1.74. The molecule has 9 heteroatoms. The molecule has 0 aliphatic carbocycles. The molecule has 8 nitrogen and oxygen atoms in total. The van der Waals surface area contributed by atoms with Crippen molar-refractivity contribution in [3.05, 3.63) is 11.5 Å². The van der Waals surface area contributed by atoms with E-state index in [9.17, 15) is 5.11 Å². The zero-order valence-corrected chi connectivity index (χ0v) is 11.5. The molecule has 1 aliphatic heterocycles. The van der Waals surface area contributed by atoms with E-state index in [4.69, 9.17) is 21.4 Å². The Morgan fingerprint density at radius 2 is 2.45 bits per heavy atom. The number of nitrogens with zero attached hydrogens (tertiary/aromatic N) is 3. The lowest BCUT2D eigenvalue weighted by molar-refractivity contribution is -0.758. The number of halogens is 1. The molecule has 2 aromatic heterocycles.